The zero-order chi connectivity index (χ0) is 9.84. The van der Waals surface area contributed by atoms with Crippen molar-refractivity contribution in [2.24, 2.45) is 0 Å². The molecule has 70 valence electrons. The van der Waals surface area contributed by atoms with Crippen molar-refractivity contribution in [1.82, 2.24) is 15.0 Å². The smallest absolute Gasteiger partial charge is 0.229 e. The van der Waals surface area contributed by atoms with Gasteiger partial charge in [-0.05, 0) is 12.5 Å². The largest absolute Gasteiger partial charge is 0.376 e. The molecule has 6 heteroatoms. The van der Waals surface area contributed by atoms with E-state index in [9.17, 15) is 0 Å². The number of aliphatic hydroxyl groups excluding tert-OH is 1. The number of nitrogens with one attached hydrogen (secondary N) is 1. The number of allylic oxidation sites excluding steroid dienone is 1. The number of hydrogen-bond acceptors (Lipinski definition) is 6. The summed E-state index contributed by atoms with van der Waals surface area (Å²) in [6.45, 7) is 5.18. The summed E-state index contributed by atoms with van der Waals surface area (Å²) in [6.07, 6.45) is 0. The molecule has 0 aromatic carbocycles. The Morgan fingerprint density at radius 3 is 2.77 bits per heavy atom. The van der Waals surface area contributed by atoms with E-state index in [-0.39, 0.29) is 18.6 Å². The van der Waals surface area contributed by atoms with Gasteiger partial charge in [0.1, 0.15) is 6.73 Å². The van der Waals surface area contributed by atoms with E-state index >= 15 is 0 Å². The van der Waals surface area contributed by atoms with Crippen LogP contribution in [0.1, 0.15) is 12.7 Å². The van der Waals surface area contributed by atoms with E-state index < -0.39 is 0 Å². The van der Waals surface area contributed by atoms with Crippen LogP contribution in [-0.4, -0.2) is 26.8 Å². The Hall–Kier alpha value is -1.69. The van der Waals surface area contributed by atoms with Crippen molar-refractivity contribution >= 4 is 17.5 Å². The van der Waals surface area contributed by atoms with Crippen LogP contribution in [0.2, 0.25) is 0 Å². The van der Waals surface area contributed by atoms with E-state index in [0.717, 1.165) is 0 Å². The number of nitrogens with two attached hydrogens (primary N) is 1. The first-order chi connectivity index (χ1) is 6.13. The van der Waals surface area contributed by atoms with Crippen LogP contribution in [0.4, 0.5) is 11.9 Å². The SMILES string of the molecule is C=C(C)c1nc(N)nc(NCO)n1. The number of hydrogen-bond donors (Lipinski definition) is 3. The van der Waals surface area contributed by atoms with Crippen LogP contribution in [-0.2, 0) is 0 Å². The van der Waals surface area contributed by atoms with E-state index in [0.29, 0.717) is 11.4 Å². The third-order valence-corrected chi connectivity index (χ3v) is 1.27. The second kappa shape index (κ2) is 3.81. The predicted octanol–water partition coefficient (Wildman–Crippen LogP) is -0.151. The lowest BCUT2D eigenvalue weighted by Crippen LogP contribution is -2.09. The van der Waals surface area contributed by atoms with Crippen LogP contribution >= 0.6 is 0 Å². The van der Waals surface area contributed by atoms with Gasteiger partial charge >= 0.3 is 0 Å². The van der Waals surface area contributed by atoms with Gasteiger partial charge in [-0.1, -0.05) is 6.58 Å². The summed E-state index contributed by atoms with van der Waals surface area (Å²) in [5.41, 5.74) is 6.09. The Morgan fingerprint density at radius 1 is 1.54 bits per heavy atom. The summed E-state index contributed by atoms with van der Waals surface area (Å²) in [5.74, 6) is 0.764. The van der Waals surface area contributed by atoms with E-state index in [1.165, 1.54) is 0 Å². The molecule has 6 nitrogen and oxygen atoms in total. The van der Waals surface area contributed by atoms with Crippen LogP contribution in [0.3, 0.4) is 0 Å². The van der Waals surface area contributed by atoms with Gasteiger partial charge in [0.05, 0.1) is 0 Å². The summed E-state index contributed by atoms with van der Waals surface area (Å²) in [7, 11) is 0. The average molecular weight is 181 g/mol. The average Bonchev–Trinajstić information content (AvgIpc) is 2.03. The van der Waals surface area contributed by atoms with Crippen molar-refractivity contribution in [2.45, 2.75) is 6.92 Å². The summed E-state index contributed by atoms with van der Waals surface area (Å²) in [6, 6.07) is 0. The Balaban J connectivity index is 3.03. The quantitative estimate of drug-likeness (QED) is 0.561. The number of anilines is 2. The van der Waals surface area contributed by atoms with Crippen LogP contribution in [0.25, 0.3) is 5.57 Å². The first-order valence-corrected chi connectivity index (χ1v) is 3.65. The standard InChI is InChI=1S/C7H11N5O/c1-4(2)5-10-6(8)12-7(11-5)9-3-13/h13H,1,3H2,2H3,(H3,8,9,10,11,12). The molecule has 0 aliphatic rings. The Morgan fingerprint density at radius 2 is 2.23 bits per heavy atom. The number of nitrogens with zero attached hydrogens (tertiary/aromatic N) is 3. The molecule has 0 atom stereocenters. The molecule has 1 rings (SSSR count). The normalized spacial score (nSPS) is 9.69. The molecule has 13 heavy (non-hydrogen) atoms. The predicted molar refractivity (Wildman–Crippen MR) is 49.7 cm³/mol. The molecule has 1 aromatic rings. The summed E-state index contributed by atoms with van der Waals surface area (Å²) in [4.78, 5) is 11.5. The molecule has 4 N–H and O–H groups in total. The highest BCUT2D eigenvalue weighted by molar-refractivity contribution is 5.56. The fourth-order valence-corrected chi connectivity index (χ4v) is 0.733. The maximum Gasteiger partial charge on any atom is 0.229 e. The zero-order valence-corrected chi connectivity index (χ0v) is 7.28. The first kappa shape index (κ1) is 9.40. The van der Waals surface area contributed by atoms with Crippen LogP contribution in [0.5, 0.6) is 0 Å². The van der Waals surface area contributed by atoms with Gasteiger partial charge in [0.2, 0.25) is 11.9 Å². The lowest BCUT2D eigenvalue weighted by molar-refractivity contribution is 0.324. The molecule has 0 bridgehead atoms. The highest BCUT2D eigenvalue weighted by atomic mass is 16.3. The van der Waals surface area contributed by atoms with Crippen LogP contribution < -0.4 is 11.1 Å². The van der Waals surface area contributed by atoms with Crippen molar-refractivity contribution in [1.29, 1.82) is 0 Å². The number of aliphatic hydroxyl groups is 1. The molecule has 1 aromatic heterocycles. The molecule has 0 unspecified atom stereocenters. The third kappa shape index (κ3) is 2.38. The minimum atomic E-state index is -0.251. The monoisotopic (exact) mass is 181 g/mol. The number of rotatable bonds is 3. The molecule has 1 heterocycles. The van der Waals surface area contributed by atoms with Gasteiger partial charge in [0, 0.05) is 0 Å². The van der Waals surface area contributed by atoms with E-state index in [1.807, 2.05) is 0 Å². The summed E-state index contributed by atoms with van der Waals surface area (Å²) in [5, 5.41) is 11.1. The molecule has 0 aliphatic heterocycles. The van der Waals surface area contributed by atoms with E-state index in [1.54, 1.807) is 6.92 Å². The lowest BCUT2D eigenvalue weighted by Gasteiger charge is -2.03. The van der Waals surface area contributed by atoms with Crippen molar-refractivity contribution in [3.05, 3.63) is 12.4 Å². The maximum atomic E-state index is 8.57. The van der Waals surface area contributed by atoms with E-state index in [2.05, 4.69) is 26.8 Å². The molecule has 0 amide bonds. The number of aromatic nitrogens is 3. The molecule has 0 saturated heterocycles. The van der Waals surface area contributed by atoms with Crippen molar-refractivity contribution < 1.29 is 5.11 Å². The molecule has 0 aliphatic carbocycles. The Kier molecular flexibility index (Phi) is 2.76. The minimum Gasteiger partial charge on any atom is -0.376 e. The highest BCUT2D eigenvalue weighted by Gasteiger charge is 2.03. The van der Waals surface area contributed by atoms with Gasteiger partial charge in [-0.2, -0.15) is 15.0 Å². The van der Waals surface area contributed by atoms with Crippen LogP contribution in [0.15, 0.2) is 6.58 Å². The zero-order valence-electron chi connectivity index (χ0n) is 7.28. The van der Waals surface area contributed by atoms with E-state index in [4.69, 9.17) is 10.8 Å². The van der Waals surface area contributed by atoms with Crippen molar-refractivity contribution in [2.75, 3.05) is 17.8 Å². The minimum absolute atomic E-state index is 0.101. The fraction of sp³-hybridized carbons (Fsp3) is 0.286. The van der Waals surface area contributed by atoms with Gasteiger partial charge in [-0.3, -0.25) is 0 Å². The van der Waals surface area contributed by atoms with Crippen molar-refractivity contribution in [3.8, 4) is 0 Å². The van der Waals surface area contributed by atoms with Gasteiger partial charge in [-0.15, -0.1) is 0 Å². The first-order valence-electron chi connectivity index (χ1n) is 3.65. The molecule has 0 fully saturated rings. The summed E-state index contributed by atoms with van der Waals surface area (Å²) < 4.78 is 0. The molecular formula is C7H11N5O. The maximum absolute atomic E-state index is 8.57. The molecule has 0 spiro atoms. The second-order valence-electron chi connectivity index (χ2n) is 2.46. The van der Waals surface area contributed by atoms with Gasteiger partial charge < -0.3 is 16.2 Å². The molecular weight excluding hydrogens is 170 g/mol. The van der Waals surface area contributed by atoms with Crippen LogP contribution in [0, 0.1) is 0 Å². The fourth-order valence-electron chi connectivity index (χ4n) is 0.733. The molecule has 0 saturated carbocycles. The van der Waals surface area contributed by atoms with Gasteiger partial charge in [-0.25, -0.2) is 0 Å². The summed E-state index contributed by atoms with van der Waals surface area (Å²) >= 11 is 0. The third-order valence-electron chi connectivity index (χ3n) is 1.27. The van der Waals surface area contributed by atoms with Crippen molar-refractivity contribution in [3.63, 3.8) is 0 Å². The number of nitrogen functional groups attached to an aromatic ring is 1. The van der Waals surface area contributed by atoms with Gasteiger partial charge in [0.15, 0.2) is 5.82 Å². The topological polar surface area (TPSA) is 97.0 Å². The second-order valence-corrected chi connectivity index (χ2v) is 2.46. The highest BCUT2D eigenvalue weighted by Crippen LogP contribution is 2.08. The van der Waals surface area contributed by atoms with Gasteiger partial charge in [0.25, 0.3) is 0 Å². The molecule has 0 radical (unpaired) electrons. The lowest BCUT2D eigenvalue weighted by atomic mass is 10.3. The Labute approximate surface area is 75.5 Å². The Bertz CT molecular complexity index is 325.